The van der Waals surface area contributed by atoms with E-state index in [-0.39, 0.29) is 22.9 Å². The van der Waals surface area contributed by atoms with Crippen LogP contribution in [0.2, 0.25) is 0 Å². The van der Waals surface area contributed by atoms with Gasteiger partial charge in [-0.3, -0.25) is 4.90 Å². The van der Waals surface area contributed by atoms with Gasteiger partial charge in [-0.1, -0.05) is 19.3 Å². The molecule has 1 aromatic heterocycles. The van der Waals surface area contributed by atoms with E-state index in [0.29, 0.717) is 19.7 Å². The molecule has 0 amide bonds. The third-order valence-electron chi connectivity index (χ3n) is 6.06. The van der Waals surface area contributed by atoms with Gasteiger partial charge in [0.2, 0.25) is 15.0 Å². The molecule has 0 N–H and O–H groups in total. The third-order valence-corrected chi connectivity index (χ3v) is 7.85. The molecule has 28 heavy (non-hydrogen) atoms. The van der Waals surface area contributed by atoms with Crippen molar-refractivity contribution in [3.63, 3.8) is 0 Å². The fourth-order valence-electron chi connectivity index (χ4n) is 4.51. The van der Waals surface area contributed by atoms with E-state index in [0.717, 1.165) is 57.3 Å². The van der Waals surface area contributed by atoms with Crippen LogP contribution in [0.4, 0.5) is 0 Å². The molecule has 0 bridgehead atoms. The summed E-state index contributed by atoms with van der Waals surface area (Å²) in [5.74, 6) is 0.477. The Kier molecular flexibility index (Phi) is 7.91. The molecule has 1 saturated carbocycles. The monoisotopic (exact) mass is 413 g/mol. The Balaban J connectivity index is 1.77. The normalized spacial score (nSPS) is 22.6. The van der Waals surface area contributed by atoms with Crippen LogP contribution in [-0.2, 0) is 32.4 Å². The van der Waals surface area contributed by atoms with E-state index in [4.69, 9.17) is 9.47 Å². The van der Waals surface area contributed by atoms with Gasteiger partial charge in [0, 0.05) is 33.9 Å². The Morgan fingerprint density at radius 2 is 1.93 bits per heavy atom. The Labute approximate surface area is 169 Å². The van der Waals surface area contributed by atoms with Crippen molar-refractivity contribution in [1.82, 2.24) is 14.5 Å². The minimum atomic E-state index is -3.40. The fraction of sp³-hybridized carbons (Fsp3) is 0.850. The Morgan fingerprint density at radius 1 is 1.14 bits per heavy atom. The molecule has 2 fully saturated rings. The summed E-state index contributed by atoms with van der Waals surface area (Å²) in [5, 5.41) is 0.213. The first-order valence-corrected chi connectivity index (χ1v) is 12.2. The quantitative estimate of drug-likeness (QED) is 0.619. The van der Waals surface area contributed by atoms with Crippen molar-refractivity contribution in [2.45, 2.75) is 69.3 Å². The predicted molar refractivity (Wildman–Crippen MR) is 108 cm³/mol. The van der Waals surface area contributed by atoms with Crippen molar-refractivity contribution in [1.29, 1.82) is 0 Å². The summed E-state index contributed by atoms with van der Waals surface area (Å²) >= 11 is 0. The van der Waals surface area contributed by atoms with Gasteiger partial charge in [0.15, 0.2) is 0 Å². The molecular formula is C20H35N3O4S. The van der Waals surface area contributed by atoms with Crippen LogP contribution in [0.5, 0.6) is 0 Å². The van der Waals surface area contributed by atoms with Crippen molar-refractivity contribution in [3.8, 4) is 0 Å². The van der Waals surface area contributed by atoms with Gasteiger partial charge in [-0.05, 0) is 38.1 Å². The SMILES string of the molecule is COCCn1c(CN2CCCC(OC)C2)cnc1S(=O)(=O)CC1CCCCC1. The molecule has 160 valence electrons. The number of hydrogen-bond acceptors (Lipinski definition) is 6. The standard InChI is InChI=1S/C20H35N3O4S/c1-26-12-11-23-18(14-22-10-6-9-19(15-22)27-2)13-21-20(23)28(24,25)16-17-7-4-3-5-8-17/h13,17,19H,3-12,14-16H2,1-2H3. The number of piperidine rings is 1. The van der Waals surface area contributed by atoms with Crippen LogP contribution in [-0.4, -0.2) is 68.6 Å². The highest BCUT2D eigenvalue weighted by Gasteiger charge is 2.29. The van der Waals surface area contributed by atoms with Gasteiger partial charge in [0.1, 0.15) is 0 Å². The number of nitrogens with zero attached hydrogens (tertiary/aromatic N) is 3. The second-order valence-electron chi connectivity index (χ2n) is 8.20. The fourth-order valence-corrected chi connectivity index (χ4v) is 6.37. The van der Waals surface area contributed by atoms with Gasteiger partial charge in [-0.25, -0.2) is 13.4 Å². The van der Waals surface area contributed by atoms with Crippen molar-refractivity contribution < 1.29 is 17.9 Å². The lowest BCUT2D eigenvalue weighted by Crippen LogP contribution is -2.39. The molecule has 1 atom stereocenters. The first-order chi connectivity index (χ1) is 13.5. The molecule has 1 aliphatic carbocycles. The predicted octanol–water partition coefficient (Wildman–Crippen LogP) is 2.49. The lowest BCUT2D eigenvalue weighted by molar-refractivity contribution is 0.0275. The van der Waals surface area contributed by atoms with Crippen molar-refractivity contribution in [3.05, 3.63) is 11.9 Å². The van der Waals surface area contributed by atoms with Crippen molar-refractivity contribution >= 4 is 9.84 Å². The Hall–Kier alpha value is -0.960. The second-order valence-corrected chi connectivity index (χ2v) is 10.1. The molecule has 8 heteroatoms. The average Bonchev–Trinajstić information content (AvgIpc) is 3.10. The van der Waals surface area contributed by atoms with Gasteiger partial charge < -0.3 is 14.0 Å². The lowest BCUT2D eigenvalue weighted by atomic mass is 9.91. The average molecular weight is 414 g/mol. The minimum absolute atomic E-state index is 0.213. The number of hydrogen-bond donors (Lipinski definition) is 0. The van der Waals surface area contributed by atoms with Crippen LogP contribution in [0.25, 0.3) is 0 Å². The van der Waals surface area contributed by atoms with E-state index in [1.54, 1.807) is 20.4 Å². The topological polar surface area (TPSA) is 73.7 Å². The van der Waals surface area contributed by atoms with Gasteiger partial charge in [0.05, 0.1) is 30.4 Å². The lowest BCUT2D eigenvalue weighted by Gasteiger charge is -2.32. The number of rotatable bonds is 9. The van der Waals surface area contributed by atoms with E-state index >= 15 is 0 Å². The van der Waals surface area contributed by atoms with Crippen LogP contribution in [0, 0.1) is 5.92 Å². The van der Waals surface area contributed by atoms with Crippen molar-refractivity contribution in [2.75, 3.05) is 39.7 Å². The summed E-state index contributed by atoms with van der Waals surface area (Å²) in [6.07, 6.45) is 9.68. The van der Waals surface area contributed by atoms with E-state index in [9.17, 15) is 8.42 Å². The molecule has 0 aromatic carbocycles. The minimum Gasteiger partial charge on any atom is -0.383 e. The van der Waals surface area contributed by atoms with Crippen molar-refractivity contribution in [2.24, 2.45) is 5.92 Å². The smallest absolute Gasteiger partial charge is 0.227 e. The summed E-state index contributed by atoms with van der Waals surface area (Å²) in [6, 6.07) is 0. The second kappa shape index (κ2) is 10.2. The zero-order valence-electron chi connectivity index (χ0n) is 17.3. The van der Waals surface area contributed by atoms with Gasteiger partial charge in [-0.2, -0.15) is 0 Å². The van der Waals surface area contributed by atoms with E-state index < -0.39 is 9.84 Å². The number of methoxy groups -OCH3 is 2. The maximum absolute atomic E-state index is 13.1. The number of ether oxygens (including phenoxy) is 2. The van der Waals surface area contributed by atoms with Gasteiger partial charge >= 0.3 is 0 Å². The van der Waals surface area contributed by atoms with Crippen LogP contribution in [0.1, 0.15) is 50.6 Å². The molecular weight excluding hydrogens is 378 g/mol. The molecule has 1 saturated heterocycles. The largest absolute Gasteiger partial charge is 0.383 e. The molecule has 1 unspecified atom stereocenters. The summed E-state index contributed by atoms with van der Waals surface area (Å²) < 4.78 is 38.9. The Morgan fingerprint density at radius 3 is 2.64 bits per heavy atom. The zero-order chi connectivity index (χ0) is 20.0. The molecule has 0 spiro atoms. The number of imidazole rings is 1. The molecule has 7 nitrogen and oxygen atoms in total. The van der Waals surface area contributed by atoms with E-state index in [1.807, 2.05) is 4.57 Å². The van der Waals surface area contributed by atoms with Crippen LogP contribution in [0.15, 0.2) is 11.4 Å². The van der Waals surface area contributed by atoms with E-state index in [1.165, 1.54) is 6.42 Å². The molecule has 1 aromatic rings. The summed E-state index contributed by atoms with van der Waals surface area (Å²) in [5.41, 5.74) is 0.941. The third kappa shape index (κ3) is 5.55. The van der Waals surface area contributed by atoms with Gasteiger partial charge in [-0.15, -0.1) is 0 Å². The molecule has 3 rings (SSSR count). The van der Waals surface area contributed by atoms with Crippen LogP contribution in [0.3, 0.4) is 0 Å². The summed E-state index contributed by atoms with van der Waals surface area (Å²) in [7, 11) is -0.00690. The molecule has 2 aliphatic rings. The number of aromatic nitrogens is 2. The zero-order valence-corrected chi connectivity index (χ0v) is 18.1. The summed E-state index contributed by atoms with van der Waals surface area (Å²) in [4.78, 5) is 6.70. The maximum Gasteiger partial charge on any atom is 0.227 e. The highest BCUT2D eigenvalue weighted by molar-refractivity contribution is 7.91. The van der Waals surface area contributed by atoms with Gasteiger partial charge in [0.25, 0.3) is 0 Å². The highest BCUT2D eigenvalue weighted by Crippen LogP contribution is 2.27. The van der Waals surface area contributed by atoms with Crippen LogP contribution < -0.4 is 0 Å². The number of likely N-dealkylation sites (tertiary alicyclic amines) is 1. The first-order valence-electron chi connectivity index (χ1n) is 10.5. The first kappa shape index (κ1) is 21.7. The summed E-state index contributed by atoms with van der Waals surface area (Å²) in [6.45, 7) is 3.54. The highest BCUT2D eigenvalue weighted by atomic mass is 32.2. The maximum atomic E-state index is 13.1. The molecule has 2 heterocycles. The number of sulfone groups is 1. The van der Waals surface area contributed by atoms with E-state index in [2.05, 4.69) is 9.88 Å². The van der Waals surface area contributed by atoms with Crippen LogP contribution >= 0.6 is 0 Å². The molecule has 1 aliphatic heterocycles. The molecule has 0 radical (unpaired) electrons. The Bertz CT molecular complexity index is 713.